The zero-order valence-electron chi connectivity index (χ0n) is 11.9. The minimum absolute atomic E-state index is 0.751. The molecule has 1 saturated heterocycles. The van der Waals surface area contributed by atoms with Crippen molar-refractivity contribution in [1.29, 1.82) is 0 Å². The van der Waals surface area contributed by atoms with Crippen LogP contribution in [0.2, 0.25) is 0 Å². The average molecular weight is 299 g/mol. The van der Waals surface area contributed by atoms with Gasteiger partial charge in [-0.3, -0.25) is 4.98 Å². The Morgan fingerprint density at radius 3 is 3.10 bits per heavy atom. The van der Waals surface area contributed by atoms with Gasteiger partial charge >= 0.3 is 0 Å². The first-order chi connectivity index (χ1) is 10.3. The van der Waals surface area contributed by atoms with Crippen molar-refractivity contribution in [2.24, 2.45) is 5.92 Å². The van der Waals surface area contributed by atoms with E-state index >= 15 is 0 Å². The molecule has 5 nitrogen and oxygen atoms in total. The maximum absolute atomic E-state index is 4.70. The standard InChI is InChI=1S/C15H17N5S/c1-11-4-3-7-19(9-11)15-18-20-10-13(17-14(20)21-15)12-5-2-6-16-8-12/h2,5-6,8,10-11H,3-4,7,9H2,1H3. The summed E-state index contributed by atoms with van der Waals surface area (Å²) in [6, 6.07) is 3.95. The lowest BCUT2D eigenvalue weighted by Gasteiger charge is -2.30. The summed E-state index contributed by atoms with van der Waals surface area (Å²) in [7, 11) is 0. The van der Waals surface area contributed by atoms with Crippen LogP contribution in [0.5, 0.6) is 0 Å². The molecule has 0 saturated carbocycles. The normalized spacial score (nSPS) is 19.3. The van der Waals surface area contributed by atoms with E-state index in [9.17, 15) is 0 Å². The van der Waals surface area contributed by atoms with Gasteiger partial charge in [-0.05, 0) is 30.9 Å². The first-order valence-electron chi connectivity index (χ1n) is 7.31. The van der Waals surface area contributed by atoms with E-state index < -0.39 is 0 Å². The van der Waals surface area contributed by atoms with Crippen LogP contribution in [0.25, 0.3) is 16.2 Å². The lowest BCUT2D eigenvalue weighted by molar-refractivity contribution is 0.445. The number of aromatic nitrogens is 4. The van der Waals surface area contributed by atoms with Crippen LogP contribution in [-0.4, -0.2) is 32.7 Å². The predicted octanol–water partition coefficient (Wildman–Crippen LogP) is 3.09. The minimum Gasteiger partial charge on any atom is -0.346 e. The van der Waals surface area contributed by atoms with Gasteiger partial charge in [-0.15, -0.1) is 5.10 Å². The quantitative estimate of drug-likeness (QED) is 0.729. The van der Waals surface area contributed by atoms with Crippen LogP contribution < -0.4 is 4.90 Å². The second-order valence-corrected chi connectivity index (χ2v) is 6.61. The fraction of sp³-hybridized carbons (Fsp3) is 0.400. The third kappa shape index (κ3) is 2.40. The number of fused-ring (bicyclic) bond motifs is 1. The minimum atomic E-state index is 0.751. The van der Waals surface area contributed by atoms with E-state index in [1.807, 2.05) is 29.0 Å². The SMILES string of the molecule is CC1CCCN(c2nn3cc(-c4cccnc4)nc3s2)C1. The maximum Gasteiger partial charge on any atom is 0.214 e. The number of hydrogen-bond acceptors (Lipinski definition) is 5. The molecule has 3 aromatic heterocycles. The number of pyridine rings is 1. The Kier molecular flexibility index (Phi) is 3.11. The van der Waals surface area contributed by atoms with Gasteiger partial charge in [0, 0.05) is 31.0 Å². The predicted molar refractivity (Wildman–Crippen MR) is 84.7 cm³/mol. The van der Waals surface area contributed by atoms with E-state index in [1.54, 1.807) is 17.5 Å². The number of anilines is 1. The lowest BCUT2D eigenvalue weighted by atomic mass is 10.0. The topological polar surface area (TPSA) is 46.3 Å². The van der Waals surface area contributed by atoms with E-state index in [4.69, 9.17) is 5.10 Å². The number of rotatable bonds is 2. The van der Waals surface area contributed by atoms with Crippen LogP contribution in [0.1, 0.15) is 19.8 Å². The van der Waals surface area contributed by atoms with Crippen molar-refractivity contribution in [2.75, 3.05) is 18.0 Å². The Balaban J connectivity index is 1.65. The number of imidazole rings is 1. The highest BCUT2D eigenvalue weighted by Crippen LogP contribution is 2.29. The highest BCUT2D eigenvalue weighted by molar-refractivity contribution is 7.20. The molecule has 108 valence electrons. The summed E-state index contributed by atoms with van der Waals surface area (Å²) < 4.78 is 1.89. The molecule has 0 radical (unpaired) electrons. The van der Waals surface area contributed by atoms with Gasteiger partial charge in [0.25, 0.3) is 0 Å². The molecule has 0 amide bonds. The molecule has 0 aromatic carbocycles. The first-order valence-corrected chi connectivity index (χ1v) is 8.13. The van der Waals surface area contributed by atoms with Crippen molar-refractivity contribution in [2.45, 2.75) is 19.8 Å². The summed E-state index contributed by atoms with van der Waals surface area (Å²) in [4.78, 5) is 12.1. The monoisotopic (exact) mass is 299 g/mol. The Morgan fingerprint density at radius 2 is 2.33 bits per heavy atom. The number of piperidine rings is 1. The van der Waals surface area contributed by atoms with E-state index in [1.165, 1.54) is 12.8 Å². The van der Waals surface area contributed by atoms with Gasteiger partial charge in [-0.25, -0.2) is 9.50 Å². The summed E-state index contributed by atoms with van der Waals surface area (Å²) in [5.41, 5.74) is 1.96. The molecular weight excluding hydrogens is 282 g/mol. The molecule has 4 heterocycles. The number of hydrogen-bond donors (Lipinski definition) is 0. The molecule has 1 unspecified atom stereocenters. The van der Waals surface area contributed by atoms with Crippen LogP contribution in [0.3, 0.4) is 0 Å². The molecule has 0 aliphatic carbocycles. The van der Waals surface area contributed by atoms with E-state index in [0.29, 0.717) is 0 Å². The van der Waals surface area contributed by atoms with Crippen LogP contribution in [0.15, 0.2) is 30.7 Å². The van der Waals surface area contributed by atoms with Gasteiger partial charge in [0.05, 0.1) is 11.9 Å². The molecule has 0 bridgehead atoms. The highest BCUT2D eigenvalue weighted by Gasteiger charge is 2.20. The summed E-state index contributed by atoms with van der Waals surface area (Å²) in [5.74, 6) is 0.751. The Hall–Kier alpha value is -1.95. The summed E-state index contributed by atoms with van der Waals surface area (Å²) >= 11 is 1.67. The Labute approximate surface area is 127 Å². The maximum atomic E-state index is 4.70. The van der Waals surface area contributed by atoms with Crippen LogP contribution in [0.4, 0.5) is 5.13 Å². The lowest BCUT2D eigenvalue weighted by Crippen LogP contribution is -2.34. The number of nitrogens with zero attached hydrogens (tertiary/aromatic N) is 5. The van der Waals surface area contributed by atoms with Gasteiger partial charge < -0.3 is 4.90 Å². The van der Waals surface area contributed by atoms with Crippen molar-refractivity contribution < 1.29 is 0 Å². The molecular formula is C15H17N5S. The van der Waals surface area contributed by atoms with E-state index in [-0.39, 0.29) is 0 Å². The molecule has 1 aliphatic rings. The van der Waals surface area contributed by atoms with Gasteiger partial charge in [-0.2, -0.15) is 0 Å². The Morgan fingerprint density at radius 1 is 1.38 bits per heavy atom. The molecule has 1 aliphatic heterocycles. The fourth-order valence-electron chi connectivity index (χ4n) is 2.83. The molecule has 21 heavy (non-hydrogen) atoms. The molecule has 4 rings (SSSR count). The largest absolute Gasteiger partial charge is 0.346 e. The van der Waals surface area contributed by atoms with Crippen molar-refractivity contribution >= 4 is 21.4 Å². The fourth-order valence-corrected chi connectivity index (χ4v) is 3.75. The summed E-state index contributed by atoms with van der Waals surface area (Å²) in [5, 5.41) is 5.78. The smallest absolute Gasteiger partial charge is 0.214 e. The zero-order valence-corrected chi connectivity index (χ0v) is 12.8. The molecule has 1 atom stereocenters. The molecule has 1 fully saturated rings. The van der Waals surface area contributed by atoms with Crippen LogP contribution >= 0.6 is 11.3 Å². The third-order valence-electron chi connectivity index (χ3n) is 3.92. The van der Waals surface area contributed by atoms with E-state index in [2.05, 4.69) is 21.8 Å². The zero-order chi connectivity index (χ0) is 14.2. The van der Waals surface area contributed by atoms with Crippen LogP contribution in [0, 0.1) is 5.92 Å². The van der Waals surface area contributed by atoms with Crippen molar-refractivity contribution in [3.8, 4) is 11.3 Å². The van der Waals surface area contributed by atoms with Gasteiger partial charge in [0.2, 0.25) is 10.1 Å². The van der Waals surface area contributed by atoms with E-state index in [0.717, 1.165) is 40.4 Å². The molecule has 0 spiro atoms. The molecule has 0 N–H and O–H groups in total. The average Bonchev–Trinajstić information content (AvgIpc) is 3.07. The molecule has 3 aromatic rings. The first kappa shape index (κ1) is 12.8. The van der Waals surface area contributed by atoms with Crippen molar-refractivity contribution in [1.82, 2.24) is 19.6 Å². The van der Waals surface area contributed by atoms with Gasteiger partial charge in [-0.1, -0.05) is 18.3 Å². The molecule has 6 heteroatoms. The second-order valence-electron chi connectivity index (χ2n) is 5.67. The van der Waals surface area contributed by atoms with Gasteiger partial charge in [0.1, 0.15) is 0 Å². The summed E-state index contributed by atoms with van der Waals surface area (Å²) in [6.07, 6.45) is 8.17. The van der Waals surface area contributed by atoms with Crippen molar-refractivity contribution in [3.05, 3.63) is 30.7 Å². The van der Waals surface area contributed by atoms with Crippen molar-refractivity contribution in [3.63, 3.8) is 0 Å². The summed E-state index contributed by atoms with van der Waals surface area (Å²) in [6.45, 7) is 4.52. The van der Waals surface area contributed by atoms with Crippen LogP contribution in [-0.2, 0) is 0 Å². The Bertz CT molecular complexity index is 716. The second kappa shape index (κ2) is 5.11. The highest BCUT2D eigenvalue weighted by atomic mass is 32.1. The third-order valence-corrected chi connectivity index (χ3v) is 4.90. The van der Waals surface area contributed by atoms with Gasteiger partial charge in [0.15, 0.2) is 0 Å².